The van der Waals surface area contributed by atoms with Gasteiger partial charge in [-0.2, -0.15) is 0 Å². The van der Waals surface area contributed by atoms with Gasteiger partial charge in [0.1, 0.15) is 17.1 Å². The van der Waals surface area contributed by atoms with Crippen LogP contribution in [0.25, 0.3) is 23.0 Å². The smallest absolute Gasteiger partial charge is 0.248 e. The quantitative estimate of drug-likeness (QED) is 0.479. The first-order chi connectivity index (χ1) is 14.7. The van der Waals surface area contributed by atoms with E-state index in [0.29, 0.717) is 11.4 Å². The molecule has 0 unspecified atom stereocenters. The Morgan fingerprint density at radius 3 is 2.60 bits per heavy atom. The Labute approximate surface area is 174 Å². The number of fused-ring (bicyclic) bond motifs is 1. The first-order valence-electron chi connectivity index (χ1n) is 9.41. The first-order valence-corrected chi connectivity index (χ1v) is 9.41. The average Bonchev–Trinajstić information content (AvgIpc) is 3.22. The standard InChI is InChI=1S/C24H21N3O3/c1-29-19-10-6-17(7-11-19)8-13-24(28)26-20-15-18(9-12-22(20)30-2)21-16-27-14-4-3-5-23(27)25-21/h3-16H,1-2H3,(H,26,28)/b13-8+. The fraction of sp³-hybridized carbons (Fsp3) is 0.0833. The number of hydrogen-bond acceptors (Lipinski definition) is 4. The number of benzene rings is 2. The Morgan fingerprint density at radius 1 is 1.03 bits per heavy atom. The molecule has 1 amide bonds. The van der Waals surface area contributed by atoms with Crippen LogP contribution in [0.3, 0.4) is 0 Å². The van der Waals surface area contributed by atoms with Crippen LogP contribution in [0.15, 0.2) is 79.1 Å². The summed E-state index contributed by atoms with van der Waals surface area (Å²) in [6.45, 7) is 0. The summed E-state index contributed by atoms with van der Waals surface area (Å²) in [6.07, 6.45) is 7.13. The summed E-state index contributed by atoms with van der Waals surface area (Å²) in [5, 5.41) is 2.89. The zero-order chi connectivity index (χ0) is 20.9. The number of anilines is 1. The lowest BCUT2D eigenvalue weighted by Gasteiger charge is -2.10. The van der Waals surface area contributed by atoms with Gasteiger partial charge in [0, 0.05) is 24.0 Å². The molecule has 6 nitrogen and oxygen atoms in total. The Kier molecular flexibility index (Phi) is 5.48. The molecule has 150 valence electrons. The van der Waals surface area contributed by atoms with Crippen LogP contribution in [-0.4, -0.2) is 29.5 Å². The normalized spacial score (nSPS) is 11.0. The van der Waals surface area contributed by atoms with E-state index in [4.69, 9.17) is 9.47 Å². The van der Waals surface area contributed by atoms with E-state index in [1.807, 2.05) is 77.5 Å². The van der Waals surface area contributed by atoms with Gasteiger partial charge in [0.15, 0.2) is 0 Å². The van der Waals surface area contributed by atoms with Crippen molar-refractivity contribution in [3.05, 3.63) is 84.7 Å². The maximum atomic E-state index is 12.5. The second-order valence-electron chi connectivity index (χ2n) is 6.60. The molecule has 1 N–H and O–H groups in total. The molecule has 4 rings (SSSR count). The molecule has 0 saturated heterocycles. The average molecular weight is 399 g/mol. The molecule has 0 aliphatic carbocycles. The zero-order valence-electron chi connectivity index (χ0n) is 16.7. The molecule has 0 atom stereocenters. The van der Waals surface area contributed by atoms with Crippen LogP contribution < -0.4 is 14.8 Å². The third-order valence-electron chi connectivity index (χ3n) is 4.66. The number of aromatic nitrogens is 2. The summed E-state index contributed by atoms with van der Waals surface area (Å²) in [7, 11) is 3.19. The number of carbonyl (C=O) groups is 1. The predicted octanol–water partition coefficient (Wildman–Crippen LogP) is 4.67. The Balaban J connectivity index is 1.55. The molecule has 0 aliphatic rings. The van der Waals surface area contributed by atoms with Gasteiger partial charge in [-0.25, -0.2) is 4.98 Å². The van der Waals surface area contributed by atoms with Gasteiger partial charge in [0.2, 0.25) is 5.91 Å². The van der Waals surface area contributed by atoms with Crippen LogP contribution in [0.1, 0.15) is 5.56 Å². The SMILES string of the molecule is COc1ccc(/C=C/C(=O)Nc2cc(-c3cn4ccccc4n3)ccc2OC)cc1. The molecule has 0 saturated carbocycles. The van der Waals surface area contributed by atoms with Gasteiger partial charge in [0.25, 0.3) is 0 Å². The van der Waals surface area contributed by atoms with Crippen molar-refractivity contribution in [3.63, 3.8) is 0 Å². The fourth-order valence-corrected chi connectivity index (χ4v) is 3.10. The van der Waals surface area contributed by atoms with Crippen molar-refractivity contribution in [2.75, 3.05) is 19.5 Å². The van der Waals surface area contributed by atoms with Crippen LogP contribution in [0.4, 0.5) is 5.69 Å². The molecule has 0 radical (unpaired) electrons. The Morgan fingerprint density at radius 2 is 1.87 bits per heavy atom. The summed E-state index contributed by atoms with van der Waals surface area (Å²) in [6, 6.07) is 18.9. The molecule has 30 heavy (non-hydrogen) atoms. The summed E-state index contributed by atoms with van der Waals surface area (Å²) in [4.78, 5) is 17.1. The van der Waals surface area contributed by atoms with E-state index in [1.54, 1.807) is 20.3 Å². The molecular formula is C24H21N3O3. The number of hydrogen-bond donors (Lipinski definition) is 1. The molecule has 2 aromatic carbocycles. The highest BCUT2D eigenvalue weighted by atomic mass is 16.5. The maximum absolute atomic E-state index is 12.5. The van der Waals surface area contributed by atoms with Gasteiger partial charge >= 0.3 is 0 Å². The van der Waals surface area contributed by atoms with E-state index in [9.17, 15) is 4.79 Å². The van der Waals surface area contributed by atoms with Gasteiger partial charge in [-0.1, -0.05) is 18.2 Å². The van der Waals surface area contributed by atoms with Crippen LogP contribution in [0.5, 0.6) is 11.5 Å². The van der Waals surface area contributed by atoms with Crippen molar-refractivity contribution in [2.24, 2.45) is 0 Å². The van der Waals surface area contributed by atoms with E-state index in [-0.39, 0.29) is 5.91 Å². The summed E-state index contributed by atoms with van der Waals surface area (Å²) in [5.74, 6) is 1.09. The molecule has 6 heteroatoms. The van der Waals surface area contributed by atoms with Crippen molar-refractivity contribution < 1.29 is 14.3 Å². The summed E-state index contributed by atoms with van der Waals surface area (Å²) in [5.41, 5.74) is 4.03. The van der Waals surface area contributed by atoms with E-state index in [2.05, 4.69) is 10.3 Å². The van der Waals surface area contributed by atoms with Crippen molar-refractivity contribution >= 4 is 23.3 Å². The fourth-order valence-electron chi connectivity index (χ4n) is 3.10. The van der Waals surface area contributed by atoms with Gasteiger partial charge in [-0.05, 0) is 54.1 Å². The molecular weight excluding hydrogens is 378 g/mol. The molecule has 4 aromatic rings. The molecule has 0 fully saturated rings. The van der Waals surface area contributed by atoms with Crippen molar-refractivity contribution in [2.45, 2.75) is 0 Å². The first kappa shape index (κ1) is 19.3. The van der Waals surface area contributed by atoms with Crippen molar-refractivity contribution in [1.29, 1.82) is 0 Å². The number of nitrogens with zero attached hydrogens (tertiary/aromatic N) is 2. The minimum Gasteiger partial charge on any atom is -0.497 e. The number of carbonyl (C=O) groups excluding carboxylic acids is 1. The number of amides is 1. The minimum atomic E-state index is -0.253. The van der Waals surface area contributed by atoms with E-state index < -0.39 is 0 Å². The molecule has 2 aromatic heterocycles. The van der Waals surface area contributed by atoms with Crippen molar-refractivity contribution in [3.8, 4) is 22.8 Å². The van der Waals surface area contributed by atoms with Crippen LogP contribution in [0.2, 0.25) is 0 Å². The van der Waals surface area contributed by atoms with E-state index in [0.717, 1.165) is 28.2 Å². The highest BCUT2D eigenvalue weighted by molar-refractivity contribution is 6.03. The lowest BCUT2D eigenvalue weighted by molar-refractivity contribution is -0.111. The minimum absolute atomic E-state index is 0.253. The van der Waals surface area contributed by atoms with Gasteiger partial charge in [-0.15, -0.1) is 0 Å². The number of pyridine rings is 1. The predicted molar refractivity (Wildman–Crippen MR) is 118 cm³/mol. The van der Waals surface area contributed by atoms with Crippen LogP contribution in [0, 0.1) is 0 Å². The number of imidazole rings is 1. The van der Waals surface area contributed by atoms with Crippen molar-refractivity contribution in [1.82, 2.24) is 9.38 Å². The van der Waals surface area contributed by atoms with Gasteiger partial charge in [-0.3, -0.25) is 4.79 Å². The number of ether oxygens (including phenoxy) is 2. The summed E-state index contributed by atoms with van der Waals surface area (Å²) >= 11 is 0. The maximum Gasteiger partial charge on any atom is 0.248 e. The second kappa shape index (κ2) is 8.53. The Bertz CT molecular complexity index is 1180. The zero-order valence-corrected chi connectivity index (χ0v) is 16.7. The second-order valence-corrected chi connectivity index (χ2v) is 6.60. The molecule has 0 bridgehead atoms. The number of methoxy groups -OCH3 is 2. The topological polar surface area (TPSA) is 64.9 Å². The largest absolute Gasteiger partial charge is 0.497 e. The highest BCUT2D eigenvalue weighted by Crippen LogP contribution is 2.30. The molecule has 0 aliphatic heterocycles. The van der Waals surface area contributed by atoms with Gasteiger partial charge < -0.3 is 19.2 Å². The van der Waals surface area contributed by atoms with Gasteiger partial charge in [0.05, 0.1) is 25.6 Å². The molecule has 0 spiro atoms. The number of nitrogens with one attached hydrogen (secondary N) is 1. The Hall–Kier alpha value is -4.06. The summed E-state index contributed by atoms with van der Waals surface area (Å²) < 4.78 is 12.5. The third-order valence-corrected chi connectivity index (χ3v) is 4.66. The van der Waals surface area contributed by atoms with Crippen LogP contribution >= 0.6 is 0 Å². The lowest BCUT2D eigenvalue weighted by Crippen LogP contribution is -2.09. The monoisotopic (exact) mass is 399 g/mol. The third kappa shape index (κ3) is 4.17. The van der Waals surface area contributed by atoms with Crippen LogP contribution in [-0.2, 0) is 4.79 Å². The van der Waals surface area contributed by atoms with E-state index >= 15 is 0 Å². The number of rotatable bonds is 6. The van der Waals surface area contributed by atoms with E-state index in [1.165, 1.54) is 6.08 Å². The molecule has 2 heterocycles. The lowest BCUT2D eigenvalue weighted by atomic mass is 10.1. The highest BCUT2D eigenvalue weighted by Gasteiger charge is 2.10.